The van der Waals surface area contributed by atoms with Crippen molar-refractivity contribution in [3.63, 3.8) is 0 Å². The number of hydrogen-bond acceptors (Lipinski definition) is 2. The van der Waals surface area contributed by atoms with E-state index in [1.54, 1.807) is 11.1 Å². The minimum absolute atomic E-state index is 0.537. The van der Waals surface area contributed by atoms with Crippen LogP contribution >= 0.6 is 0 Å². The molecule has 10 atom stereocenters. The first-order valence-electron chi connectivity index (χ1n) is 14.4. The van der Waals surface area contributed by atoms with Crippen LogP contribution in [0, 0.1) is 40.4 Å². The van der Waals surface area contributed by atoms with Gasteiger partial charge in [0.15, 0.2) is 0 Å². The Kier molecular flexibility index (Phi) is 5.33. The van der Waals surface area contributed by atoms with Gasteiger partial charge in [-0.3, -0.25) is 4.90 Å². The molecule has 2 heterocycles. The molecule has 33 heavy (non-hydrogen) atoms. The molecular weight excluding hydrogens is 400 g/mol. The average molecular weight is 451 g/mol. The van der Waals surface area contributed by atoms with Gasteiger partial charge in [-0.2, -0.15) is 0 Å². The summed E-state index contributed by atoms with van der Waals surface area (Å²) in [5, 5.41) is 0. The molecule has 0 spiro atoms. The van der Waals surface area contributed by atoms with Gasteiger partial charge in [-0.15, -0.1) is 0 Å². The Balaban J connectivity index is 1.32. The number of hydrogen-bond donors (Lipinski definition) is 0. The lowest BCUT2D eigenvalue weighted by atomic mass is 9.47. The maximum atomic E-state index is 3.02. The van der Waals surface area contributed by atoms with Gasteiger partial charge in [0.1, 0.15) is 0 Å². The van der Waals surface area contributed by atoms with Crippen molar-refractivity contribution in [1.29, 1.82) is 0 Å². The molecule has 4 aliphatic carbocycles. The molecule has 0 unspecified atom stereocenters. The Morgan fingerprint density at radius 3 is 2.48 bits per heavy atom. The van der Waals surface area contributed by atoms with Crippen molar-refractivity contribution in [1.82, 2.24) is 9.80 Å². The van der Waals surface area contributed by atoms with Crippen molar-refractivity contribution < 1.29 is 0 Å². The third-order valence-electron chi connectivity index (χ3n) is 12.6. The van der Waals surface area contributed by atoms with Gasteiger partial charge in [0.2, 0.25) is 0 Å². The highest BCUT2D eigenvalue weighted by molar-refractivity contribution is 5.32. The Hall–Kier alpha value is -0.600. The molecule has 0 aromatic heterocycles. The van der Waals surface area contributed by atoms with Crippen LogP contribution in [0.5, 0.6) is 0 Å². The molecular formula is C31H50N2. The SMILES string of the molecule is CC(C)=C1CCN2[C@@H]1C[C@@H](C)[C@H]1[C@@H]2C[C@H]2C3=CC[C@H]4C[C@H](N(C)C)CC[C@]4(C)[C@H]3CC[C@]12C. The van der Waals surface area contributed by atoms with Gasteiger partial charge in [0.25, 0.3) is 0 Å². The van der Waals surface area contributed by atoms with E-state index >= 15 is 0 Å². The zero-order valence-corrected chi connectivity index (χ0v) is 22.7. The highest BCUT2D eigenvalue weighted by Crippen LogP contribution is 2.69. The van der Waals surface area contributed by atoms with Gasteiger partial charge < -0.3 is 4.90 Å². The van der Waals surface area contributed by atoms with Crippen LogP contribution in [0.4, 0.5) is 0 Å². The first kappa shape index (κ1) is 22.8. The number of nitrogens with zero attached hydrogens (tertiary/aromatic N) is 2. The minimum Gasteiger partial charge on any atom is -0.306 e. The van der Waals surface area contributed by atoms with E-state index in [4.69, 9.17) is 0 Å². The Bertz CT molecular complexity index is 864. The summed E-state index contributed by atoms with van der Waals surface area (Å²) in [7, 11) is 4.61. The maximum absolute atomic E-state index is 3.02. The lowest BCUT2D eigenvalue weighted by Gasteiger charge is -2.58. The van der Waals surface area contributed by atoms with Crippen LogP contribution in [0.2, 0.25) is 0 Å². The predicted molar refractivity (Wildman–Crippen MR) is 139 cm³/mol. The van der Waals surface area contributed by atoms with Crippen LogP contribution in [0.3, 0.4) is 0 Å². The lowest BCUT2D eigenvalue weighted by Crippen LogP contribution is -2.54. The van der Waals surface area contributed by atoms with Gasteiger partial charge >= 0.3 is 0 Å². The summed E-state index contributed by atoms with van der Waals surface area (Å²) in [5.74, 6) is 4.41. The van der Waals surface area contributed by atoms with E-state index in [-0.39, 0.29) is 0 Å². The first-order chi connectivity index (χ1) is 15.6. The van der Waals surface area contributed by atoms with Crippen LogP contribution in [-0.2, 0) is 0 Å². The third-order valence-corrected chi connectivity index (χ3v) is 12.6. The summed E-state index contributed by atoms with van der Waals surface area (Å²) in [5.41, 5.74) is 6.45. The van der Waals surface area contributed by atoms with E-state index in [2.05, 4.69) is 64.6 Å². The standard InChI is InChI=1S/C31H50N2/c1-19(2)23-12-15-33-27(23)16-20(3)29-28(33)18-26-24-9-8-21-17-22(32(6)7)10-13-30(21,4)25(24)11-14-31(26,29)5/h9,20-22,25-29H,8,10-18H2,1-7H3/t20-,21+,22-,25+,26+,27-,28+,29+,30+,31+/m1/s1. The second kappa shape index (κ2) is 7.70. The van der Waals surface area contributed by atoms with E-state index in [1.165, 1.54) is 64.3 Å². The molecule has 6 rings (SSSR count). The molecule has 0 bridgehead atoms. The van der Waals surface area contributed by atoms with Crippen LogP contribution in [0.25, 0.3) is 0 Å². The van der Waals surface area contributed by atoms with Crippen LogP contribution < -0.4 is 0 Å². The summed E-state index contributed by atoms with van der Waals surface area (Å²) in [6, 6.07) is 2.40. The predicted octanol–water partition coefficient (Wildman–Crippen LogP) is 6.92. The molecule has 0 radical (unpaired) electrons. The fourth-order valence-corrected chi connectivity index (χ4v) is 10.9. The van der Waals surface area contributed by atoms with Crippen molar-refractivity contribution in [2.45, 2.75) is 111 Å². The summed E-state index contributed by atoms with van der Waals surface area (Å²) in [6.07, 6.45) is 15.6. The molecule has 3 saturated carbocycles. The molecule has 0 amide bonds. The molecule has 2 heteroatoms. The zero-order valence-electron chi connectivity index (χ0n) is 22.7. The number of allylic oxidation sites excluding steroid dienone is 3. The fraction of sp³-hybridized carbons (Fsp3) is 0.871. The zero-order chi connectivity index (χ0) is 23.3. The smallest absolute Gasteiger partial charge is 0.0316 e. The van der Waals surface area contributed by atoms with E-state index in [0.29, 0.717) is 10.8 Å². The van der Waals surface area contributed by atoms with Gasteiger partial charge in [-0.1, -0.05) is 43.6 Å². The van der Waals surface area contributed by atoms with Crippen LogP contribution in [0.15, 0.2) is 22.8 Å². The molecule has 2 saturated heterocycles. The van der Waals surface area contributed by atoms with Gasteiger partial charge in [0, 0.05) is 24.7 Å². The van der Waals surface area contributed by atoms with Crippen molar-refractivity contribution in [3.05, 3.63) is 22.8 Å². The summed E-state index contributed by atoms with van der Waals surface area (Å²) >= 11 is 0. The number of fused-ring (bicyclic) bond motifs is 9. The largest absolute Gasteiger partial charge is 0.306 e. The molecule has 0 N–H and O–H groups in total. The third kappa shape index (κ3) is 3.11. The second-order valence-electron chi connectivity index (χ2n) is 14.3. The Labute approximate surface area is 204 Å². The summed E-state index contributed by atoms with van der Waals surface area (Å²) in [4.78, 5) is 5.52. The fourth-order valence-electron chi connectivity index (χ4n) is 10.9. The van der Waals surface area contributed by atoms with E-state index < -0.39 is 0 Å². The van der Waals surface area contributed by atoms with E-state index in [9.17, 15) is 0 Å². The molecule has 2 nitrogen and oxygen atoms in total. The van der Waals surface area contributed by atoms with Crippen LogP contribution in [0.1, 0.15) is 92.4 Å². The molecule has 5 fully saturated rings. The maximum Gasteiger partial charge on any atom is 0.0316 e. The van der Waals surface area contributed by atoms with Crippen molar-refractivity contribution in [3.8, 4) is 0 Å². The van der Waals surface area contributed by atoms with Crippen molar-refractivity contribution >= 4 is 0 Å². The van der Waals surface area contributed by atoms with Crippen LogP contribution in [-0.4, -0.2) is 48.6 Å². The highest BCUT2D eigenvalue weighted by atomic mass is 15.2. The quantitative estimate of drug-likeness (QED) is 0.400. The topological polar surface area (TPSA) is 6.48 Å². The van der Waals surface area contributed by atoms with E-state index in [0.717, 1.165) is 47.7 Å². The molecule has 184 valence electrons. The summed E-state index contributed by atoms with van der Waals surface area (Å²) < 4.78 is 0. The number of piperidine rings is 1. The van der Waals surface area contributed by atoms with Crippen molar-refractivity contribution in [2.24, 2.45) is 40.4 Å². The monoisotopic (exact) mass is 450 g/mol. The normalized spacial score (nSPS) is 51.4. The average Bonchev–Trinajstić information content (AvgIpc) is 3.32. The van der Waals surface area contributed by atoms with Crippen molar-refractivity contribution in [2.75, 3.05) is 20.6 Å². The molecule has 6 aliphatic rings. The highest BCUT2D eigenvalue weighted by Gasteiger charge is 2.63. The Morgan fingerprint density at radius 2 is 1.76 bits per heavy atom. The van der Waals surface area contributed by atoms with Gasteiger partial charge in [-0.05, 0) is 126 Å². The molecule has 0 aromatic rings. The van der Waals surface area contributed by atoms with E-state index in [1.807, 2.05) is 5.57 Å². The molecule has 2 aliphatic heterocycles. The Morgan fingerprint density at radius 1 is 1.00 bits per heavy atom. The number of rotatable bonds is 1. The second-order valence-corrected chi connectivity index (χ2v) is 14.3. The van der Waals surface area contributed by atoms with Gasteiger partial charge in [-0.25, -0.2) is 0 Å². The van der Waals surface area contributed by atoms with Gasteiger partial charge in [0.05, 0.1) is 0 Å². The first-order valence-corrected chi connectivity index (χ1v) is 14.4. The summed E-state index contributed by atoms with van der Waals surface area (Å²) in [6.45, 7) is 14.1. The lowest BCUT2D eigenvalue weighted by molar-refractivity contribution is -0.0383. The molecule has 0 aromatic carbocycles. The minimum atomic E-state index is 0.537.